The molecule has 1 aliphatic rings. The van der Waals surface area contributed by atoms with E-state index in [0.717, 1.165) is 0 Å². The number of rotatable bonds is 4. The van der Waals surface area contributed by atoms with Gasteiger partial charge in [-0.3, -0.25) is 0 Å². The molecule has 0 amide bonds. The first kappa shape index (κ1) is 17.3. The lowest BCUT2D eigenvalue weighted by molar-refractivity contribution is -0.137. The third kappa shape index (κ3) is 4.65. The number of nitrogens with zero attached hydrogens (tertiary/aromatic N) is 1. The maximum atomic E-state index is 12.3. The Bertz CT molecular complexity index is 397. The first-order chi connectivity index (χ1) is 8.99. The van der Waals surface area contributed by atoms with Crippen molar-refractivity contribution in [3.63, 3.8) is 0 Å². The van der Waals surface area contributed by atoms with Crippen LogP contribution in [0.5, 0.6) is 0 Å². The van der Waals surface area contributed by atoms with E-state index in [-0.39, 0.29) is 30.8 Å². The van der Waals surface area contributed by atoms with E-state index in [1.54, 1.807) is 0 Å². The summed E-state index contributed by atoms with van der Waals surface area (Å²) < 4.78 is 36.8. The molecule has 2 atom stereocenters. The second-order valence-corrected chi connectivity index (χ2v) is 5.14. The minimum absolute atomic E-state index is 0. The van der Waals surface area contributed by atoms with Gasteiger partial charge < -0.3 is 10.6 Å². The fraction of sp³-hybridized carbons (Fsp3) is 0.571. The molecule has 0 radical (unpaired) electrons. The Morgan fingerprint density at radius 2 is 1.80 bits per heavy atom. The van der Waals surface area contributed by atoms with Gasteiger partial charge in [-0.2, -0.15) is 13.2 Å². The lowest BCUT2D eigenvalue weighted by Gasteiger charge is -2.17. The quantitative estimate of drug-likeness (QED) is 0.926. The third-order valence-corrected chi connectivity index (χ3v) is 3.76. The molecule has 0 unspecified atom stereocenters. The molecule has 1 heterocycles. The van der Waals surface area contributed by atoms with Crippen molar-refractivity contribution in [2.75, 3.05) is 26.2 Å². The van der Waals surface area contributed by atoms with Crippen molar-refractivity contribution in [1.82, 2.24) is 4.90 Å². The lowest BCUT2D eigenvalue weighted by Crippen LogP contribution is -2.27. The Kier molecular flexibility index (Phi) is 6.30. The highest BCUT2D eigenvalue weighted by Crippen LogP contribution is 2.32. The minimum Gasteiger partial charge on any atom is -0.330 e. The van der Waals surface area contributed by atoms with E-state index < -0.39 is 12.6 Å². The summed E-state index contributed by atoms with van der Waals surface area (Å²) in [5, 5.41) is 0. The summed E-state index contributed by atoms with van der Waals surface area (Å²) in [6, 6.07) is 9.92. The first-order valence-corrected chi connectivity index (χ1v) is 6.53. The molecule has 1 saturated heterocycles. The van der Waals surface area contributed by atoms with Gasteiger partial charge in [0, 0.05) is 25.6 Å². The molecule has 2 rings (SSSR count). The molecule has 20 heavy (non-hydrogen) atoms. The molecule has 1 aliphatic heterocycles. The largest absolute Gasteiger partial charge is 0.390 e. The van der Waals surface area contributed by atoms with Gasteiger partial charge in [0.1, 0.15) is 0 Å². The third-order valence-electron chi connectivity index (χ3n) is 3.76. The second-order valence-electron chi connectivity index (χ2n) is 5.14. The summed E-state index contributed by atoms with van der Waals surface area (Å²) in [6.07, 6.45) is -4.82. The standard InChI is InChI=1S/C14H19F3N2.ClH/c15-14(16,17)6-7-19-9-12(8-18)13(10-19)11-4-2-1-3-5-11;/h1-5,12-13H,6-10,18H2;1H/t12-,13+;/m1./s1. The summed E-state index contributed by atoms with van der Waals surface area (Å²) in [5.74, 6) is 0.495. The molecule has 1 aromatic rings. The number of halogens is 4. The predicted molar refractivity (Wildman–Crippen MR) is 76.1 cm³/mol. The molecule has 0 saturated carbocycles. The van der Waals surface area contributed by atoms with Gasteiger partial charge >= 0.3 is 6.18 Å². The van der Waals surface area contributed by atoms with Gasteiger partial charge in [-0.1, -0.05) is 30.3 Å². The second kappa shape index (κ2) is 7.29. The van der Waals surface area contributed by atoms with E-state index in [1.165, 1.54) is 5.56 Å². The van der Waals surface area contributed by atoms with Crippen LogP contribution in [0.15, 0.2) is 30.3 Å². The number of hydrogen-bond donors (Lipinski definition) is 1. The van der Waals surface area contributed by atoms with Gasteiger partial charge in [0.2, 0.25) is 0 Å². The van der Waals surface area contributed by atoms with Crippen LogP contribution < -0.4 is 5.73 Å². The Balaban J connectivity index is 0.00000200. The number of benzene rings is 1. The van der Waals surface area contributed by atoms with Gasteiger partial charge in [0.15, 0.2) is 0 Å². The van der Waals surface area contributed by atoms with E-state index in [9.17, 15) is 13.2 Å². The van der Waals surface area contributed by atoms with Gasteiger partial charge in [0.25, 0.3) is 0 Å². The molecule has 0 spiro atoms. The molecule has 0 aliphatic carbocycles. The Morgan fingerprint density at radius 1 is 1.15 bits per heavy atom. The minimum atomic E-state index is -4.08. The molecule has 2 nitrogen and oxygen atoms in total. The Labute approximate surface area is 123 Å². The fourth-order valence-corrected chi connectivity index (χ4v) is 2.74. The molecular formula is C14H20ClF3N2. The summed E-state index contributed by atoms with van der Waals surface area (Å²) in [5.41, 5.74) is 6.93. The maximum absolute atomic E-state index is 12.3. The summed E-state index contributed by atoms with van der Waals surface area (Å²) >= 11 is 0. The van der Waals surface area contributed by atoms with E-state index in [1.807, 2.05) is 35.2 Å². The monoisotopic (exact) mass is 308 g/mol. The van der Waals surface area contributed by atoms with Gasteiger partial charge in [-0.15, -0.1) is 12.4 Å². The normalized spacial score (nSPS) is 23.6. The van der Waals surface area contributed by atoms with Crippen LogP contribution in [-0.2, 0) is 0 Å². The highest BCUT2D eigenvalue weighted by atomic mass is 35.5. The van der Waals surface area contributed by atoms with Gasteiger partial charge in [0.05, 0.1) is 6.42 Å². The van der Waals surface area contributed by atoms with Crippen molar-refractivity contribution in [1.29, 1.82) is 0 Å². The fourth-order valence-electron chi connectivity index (χ4n) is 2.74. The first-order valence-electron chi connectivity index (χ1n) is 6.53. The number of nitrogens with two attached hydrogens (primary N) is 1. The summed E-state index contributed by atoms with van der Waals surface area (Å²) in [7, 11) is 0. The van der Waals surface area contributed by atoms with Crippen molar-refractivity contribution >= 4 is 12.4 Å². The van der Waals surface area contributed by atoms with Crippen LogP contribution in [0.25, 0.3) is 0 Å². The van der Waals surface area contributed by atoms with Crippen LogP contribution in [0, 0.1) is 5.92 Å². The van der Waals surface area contributed by atoms with Crippen LogP contribution in [0.4, 0.5) is 13.2 Å². The van der Waals surface area contributed by atoms with E-state index in [0.29, 0.717) is 19.6 Å². The molecule has 0 aromatic heterocycles. The van der Waals surface area contributed by atoms with E-state index in [2.05, 4.69) is 0 Å². The maximum Gasteiger partial charge on any atom is 0.390 e. The Hall–Kier alpha value is -0.780. The van der Waals surface area contributed by atoms with Crippen molar-refractivity contribution in [3.8, 4) is 0 Å². The van der Waals surface area contributed by atoms with Crippen molar-refractivity contribution in [2.45, 2.75) is 18.5 Å². The molecular weight excluding hydrogens is 289 g/mol. The van der Waals surface area contributed by atoms with Crippen molar-refractivity contribution in [3.05, 3.63) is 35.9 Å². The molecule has 1 fully saturated rings. The van der Waals surface area contributed by atoms with E-state index in [4.69, 9.17) is 5.73 Å². The highest BCUT2D eigenvalue weighted by molar-refractivity contribution is 5.85. The zero-order valence-electron chi connectivity index (χ0n) is 11.1. The summed E-state index contributed by atoms with van der Waals surface area (Å²) in [4.78, 5) is 1.88. The van der Waals surface area contributed by atoms with Crippen LogP contribution in [0.3, 0.4) is 0 Å². The average Bonchev–Trinajstić information content (AvgIpc) is 2.80. The van der Waals surface area contributed by atoms with Crippen molar-refractivity contribution in [2.24, 2.45) is 11.7 Å². The number of likely N-dealkylation sites (tertiary alicyclic amines) is 1. The van der Waals surface area contributed by atoms with Crippen molar-refractivity contribution < 1.29 is 13.2 Å². The topological polar surface area (TPSA) is 29.3 Å². The van der Waals surface area contributed by atoms with Crippen LogP contribution in [0.2, 0.25) is 0 Å². The smallest absolute Gasteiger partial charge is 0.330 e. The highest BCUT2D eigenvalue weighted by Gasteiger charge is 2.35. The Morgan fingerprint density at radius 3 is 2.35 bits per heavy atom. The van der Waals surface area contributed by atoms with Crippen LogP contribution >= 0.6 is 12.4 Å². The summed E-state index contributed by atoms with van der Waals surface area (Å²) in [6.45, 7) is 1.92. The lowest BCUT2D eigenvalue weighted by atomic mass is 9.89. The van der Waals surface area contributed by atoms with Crippen LogP contribution in [0.1, 0.15) is 17.9 Å². The molecule has 6 heteroatoms. The average molecular weight is 309 g/mol. The number of hydrogen-bond acceptors (Lipinski definition) is 2. The molecule has 114 valence electrons. The van der Waals surface area contributed by atoms with Crippen LogP contribution in [-0.4, -0.2) is 37.3 Å². The van der Waals surface area contributed by atoms with Gasteiger partial charge in [-0.05, 0) is 18.0 Å². The molecule has 0 bridgehead atoms. The molecule has 1 aromatic carbocycles. The zero-order valence-corrected chi connectivity index (χ0v) is 12.0. The van der Waals surface area contributed by atoms with E-state index >= 15 is 0 Å². The number of alkyl halides is 3. The molecule has 2 N–H and O–H groups in total. The predicted octanol–water partition coefficient (Wildman–Crippen LogP) is 3.03. The van der Waals surface area contributed by atoms with Gasteiger partial charge in [-0.25, -0.2) is 0 Å². The SMILES string of the molecule is Cl.NC[C@@H]1CN(CCC(F)(F)F)C[C@H]1c1ccccc1. The zero-order chi connectivity index (χ0) is 13.9.